The molecule has 2 heterocycles. The van der Waals surface area contributed by atoms with E-state index in [1.165, 1.54) is 12.0 Å². The van der Waals surface area contributed by atoms with Gasteiger partial charge in [0.15, 0.2) is 5.78 Å². The van der Waals surface area contributed by atoms with Crippen LogP contribution in [0.15, 0.2) is 72.8 Å². The highest BCUT2D eigenvalue weighted by molar-refractivity contribution is 7.18. The Bertz CT molecular complexity index is 1350. The van der Waals surface area contributed by atoms with Crippen LogP contribution in [0.1, 0.15) is 39.6 Å². The Morgan fingerprint density at radius 2 is 1.81 bits per heavy atom. The average Bonchev–Trinajstić information content (AvgIpc) is 3.58. The SMILES string of the molecule is COc1cccc(C2C(C(=O)c3ccc(Cl)s3)C(C=Cc3ccccc3)N(C(=O)C3CC3)C2C(=O)O)c1. The lowest BCUT2D eigenvalue weighted by molar-refractivity contribution is -0.150. The second kappa shape index (κ2) is 10.5. The molecular weight excluding hydrogens is 510 g/mol. The number of hydrogen-bond acceptors (Lipinski definition) is 5. The first-order valence-electron chi connectivity index (χ1n) is 12.1. The van der Waals surface area contributed by atoms with E-state index < -0.39 is 29.9 Å². The molecule has 5 rings (SSSR count). The maximum Gasteiger partial charge on any atom is 0.327 e. The summed E-state index contributed by atoms with van der Waals surface area (Å²) in [5.74, 6) is -2.87. The molecule has 1 amide bonds. The summed E-state index contributed by atoms with van der Waals surface area (Å²) >= 11 is 7.33. The number of aliphatic carboxylic acids is 1. The number of amides is 1. The number of Topliss-reactive ketones (excluding diaryl/α,β-unsaturated/α-hetero) is 1. The van der Waals surface area contributed by atoms with Gasteiger partial charge in [-0.2, -0.15) is 0 Å². The fourth-order valence-electron chi connectivity index (χ4n) is 5.19. The first-order valence-corrected chi connectivity index (χ1v) is 13.3. The molecule has 1 aliphatic carbocycles. The first kappa shape index (κ1) is 25.2. The van der Waals surface area contributed by atoms with E-state index in [0.29, 0.717) is 20.5 Å². The Kier molecular flexibility index (Phi) is 7.17. The number of ketones is 1. The van der Waals surface area contributed by atoms with E-state index in [4.69, 9.17) is 16.3 Å². The Labute approximate surface area is 224 Å². The third-order valence-corrected chi connectivity index (χ3v) is 8.28. The molecule has 2 aliphatic rings. The van der Waals surface area contributed by atoms with E-state index in [1.807, 2.05) is 42.5 Å². The standard InChI is InChI=1S/C29H26ClNO5S/c1-36-20-9-5-8-19(16-20)24-25(27(32)22-14-15-23(30)37-22)21(13-10-17-6-3-2-4-7-17)31(26(24)29(34)35)28(33)18-11-12-18/h2-10,13-16,18,21,24-26H,11-12H2,1H3,(H,34,35). The molecule has 1 saturated heterocycles. The number of rotatable bonds is 8. The van der Waals surface area contributed by atoms with Gasteiger partial charge in [0.2, 0.25) is 5.91 Å². The summed E-state index contributed by atoms with van der Waals surface area (Å²) in [6.45, 7) is 0. The van der Waals surface area contributed by atoms with Gasteiger partial charge in [-0.25, -0.2) is 4.79 Å². The zero-order valence-corrected chi connectivity index (χ0v) is 21.7. The van der Waals surface area contributed by atoms with Crippen LogP contribution in [0.25, 0.3) is 6.08 Å². The van der Waals surface area contributed by atoms with Crippen LogP contribution in [0.3, 0.4) is 0 Å². The summed E-state index contributed by atoms with van der Waals surface area (Å²) in [6, 6.07) is 18.0. The van der Waals surface area contributed by atoms with Crippen LogP contribution >= 0.6 is 22.9 Å². The first-order chi connectivity index (χ1) is 17.9. The summed E-state index contributed by atoms with van der Waals surface area (Å²) in [6.07, 6.45) is 5.11. The fraction of sp³-hybridized carbons (Fsp3) is 0.276. The van der Waals surface area contributed by atoms with E-state index in [9.17, 15) is 19.5 Å². The van der Waals surface area contributed by atoms with Gasteiger partial charge in [0, 0.05) is 11.8 Å². The van der Waals surface area contributed by atoms with E-state index in [1.54, 1.807) is 36.4 Å². The maximum absolute atomic E-state index is 14.1. The lowest BCUT2D eigenvalue weighted by Gasteiger charge is -2.28. The molecule has 1 aromatic heterocycles. The summed E-state index contributed by atoms with van der Waals surface area (Å²) < 4.78 is 5.88. The highest BCUT2D eigenvalue weighted by atomic mass is 35.5. The number of thiophene rings is 1. The van der Waals surface area contributed by atoms with Crippen molar-refractivity contribution in [3.8, 4) is 5.75 Å². The van der Waals surface area contributed by atoms with Gasteiger partial charge in [0.05, 0.1) is 28.3 Å². The average molecular weight is 536 g/mol. The molecule has 8 heteroatoms. The van der Waals surface area contributed by atoms with Crippen LogP contribution in [0.2, 0.25) is 4.34 Å². The molecule has 6 nitrogen and oxygen atoms in total. The third kappa shape index (κ3) is 5.06. The van der Waals surface area contributed by atoms with Crippen LogP contribution < -0.4 is 4.74 Å². The third-order valence-electron chi connectivity index (χ3n) is 7.03. The molecule has 2 fully saturated rings. The van der Waals surface area contributed by atoms with Gasteiger partial charge in [0.25, 0.3) is 0 Å². The fourth-order valence-corrected chi connectivity index (χ4v) is 6.22. The number of methoxy groups -OCH3 is 1. The minimum atomic E-state index is -1.21. The molecule has 0 bridgehead atoms. The molecule has 1 N–H and O–H groups in total. The number of benzene rings is 2. The van der Waals surface area contributed by atoms with Crippen molar-refractivity contribution in [3.05, 3.63) is 93.1 Å². The maximum atomic E-state index is 14.1. The number of carbonyl (C=O) groups is 3. The van der Waals surface area contributed by atoms with Gasteiger partial charge in [0.1, 0.15) is 11.8 Å². The number of carbonyl (C=O) groups excluding carboxylic acids is 2. The largest absolute Gasteiger partial charge is 0.497 e. The predicted octanol–water partition coefficient (Wildman–Crippen LogP) is 5.78. The summed E-state index contributed by atoms with van der Waals surface area (Å²) in [4.78, 5) is 42.5. The Morgan fingerprint density at radius 3 is 2.43 bits per heavy atom. The Morgan fingerprint density at radius 1 is 1.05 bits per heavy atom. The number of carboxylic acids is 1. The number of ether oxygens (including phenoxy) is 1. The van der Waals surface area contributed by atoms with Gasteiger partial charge >= 0.3 is 5.97 Å². The predicted molar refractivity (Wildman–Crippen MR) is 143 cm³/mol. The molecule has 37 heavy (non-hydrogen) atoms. The van der Waals surface area contributed by atoms with Crippen molar-refractivity contribution in [3.63, 3.8) is 0 Å². The van der Waals surface area contributed by atoms with Crippen molar-refractivity contribution in [2.24, 2.45) is 11.8 Å². The molecule has 4 atom stereocenters. The van der Waals surface area contributed by atoms with Crippen LogP contribution in [0.4, 0.5) is 0 Å². The summed E-state index contributed by atoms with van der Waals surface area (Å²) in [5.41, 5.74) is 1.53. The zero-order chi connectivity index (χ0) is 26.1. The monoisotopic (exact) mass is 535 g/mol. The van der Waals surface area contributed by atoms with E-state index in [0.717, 1.165) is 29.7 Å². The molecule has 190 valence electrons. The van der Waals surface area contributed by atoms with Gasteiger partial charge in [-0.1, -0.05) is 66.2 Å². The number of likely N-dealkylation sites (tertiary alicyclic amines) is 1. The Hall–Kier alpha value is -3.42. The second-order valence-corrected chi connectivity index (χ2v) is 11.1. The van der Waals surface area contributed by atoms with Crippen molar-refractivity contribution in [2.45, 2.75) is 30.8 Å². The van der Waals surface area contributed by atoms with Crippen LogP contribution in [-0.4, -0.2) is 46.9 Å². The van der Waals surface area contributed by atoms with Crippen LogP contribution in [0, 0.1) is 11.8 Å². The molecule has 2 aromatic carbocycles. The summed E-state index contributed by atoms with van der Waals surface area (Å²) in [7, 11) is 1.53. The number of carboxylic acid groups (broad SMARTS) is 1. The summed E-state index contributed by atoms with van der Waals surface area (Å²) in [5, 5.41) is 10.5. The van der Waals surface area contributed by atoms with Crippen molar-refractivity contribution in [1.29, 1.82) is 0 Å². The van der Waals surface area contributed by atoms with Gasteiger partial charge in [-0.05, 0) is 48.2 Å². The molecule has 0 spiro atoms. The van der Waals surface area contributed by atoms with Crippen molar-refractivity contribution in [1.82, 2.24) is 4.90 Å². The number of nitrogens with zero attached hydrogens (tertiary/aromatic N) is 1. The topological polar surface area (TPSA) is 83.9 Å². The lowest BCUT2D eigenvalue weighted by atomic mass is 9.78. The second-order valence-electron chi connectivity index (χ2n) is 9.36. The molecule has 1 aliphatic heterocycles. The zero-order valence-electron chi connectivity index (χ0n) is 20.1. The van der Waals surface area contributed by atoms with Gasteiger partial charge in [-0.15, -0.1) is 11.3 Å². The van der Waals surface area contributed by atoms with Crippen molar-refractivity contribution in [2.75, 3.05) is 7.11 Å². The van der Waals surface area contributed by atoms with E-state index >= 15 is 0 Å². The molecule has 3 aromatic rings. The lowest BCUT2D eigenvalue weighted by Crippen LogP contribution is -2.46. The quantitative estimate of drug-likeness (QED) is 0.370. The molecule has 1 saturated carbocycles. The van der Waals surface area contributed by atoms with Crippen LogP contribution in [-0.2, 0) is 9.59 Å². The highest BCUT2D eigenvalue weighted by Crippen LogP contribution is 2.48. The van der Waals surface area contributed by atoms with Crippen molar-refractivity contribution < 1.29 is 24.2 Å². The number of hydrogen-bond donors (Lipinski definition) is 1. The molecular formula is C29H26ClNO5S. The molecule has 4 unspecified atom stereocenters. The number of halogens is 1. The van der Waals surface area contributed by atoms with Gasteiger partial charge < -0.3 is 14.7 Å². The normalized spacial score (nSPS) is 23.4. The highest BCUT2D eigenvalue weighted by Gasteiger charge is 2.58. The smallest absolute Gasteiger partial charge is 0.327 e. The molecule has 0 radical (unpaired) electrons. The minimum Gasteiger partial charge on any atom is -0.497 e. The van der Waals surface area contributed by atoms with Gasteiger partial charge in [-0.3, -0.25) is 9.59 Å². The van der Waals surface area contributed by atoms with E-state index in [2.05, 4.69) is 0 Å². The van der Waals surface area contributed by atoms with Crippen molar-refractivity contribution >= 4 is 46.7 Å². The Balaban J connectivity index is 1.69. The minimum absolute atomic E-state index is 0.217. The van der Waals surface area contributed by atoms with E-state index in [-0.39, 0.29) is 17.6 Å². The van der Waals surface area contributed by atoms with Crippen LogP contribution in [0.5, 0.6) is 5.75 Å².